The van der Waals surface area contributed by atoms with Crippen LogP contribution in [-0.2, 0) is 12.4 Å². The Kier molecular flexibility index (Phi) is 4.19. The van der Waals surface area contributed by atoms with Crippen LogP contribution in [0.5, 0.6) is 0 Å². The maximum absolute atomic E-state index is 13.1. The molecule has 0 spiro atoms. The van der Waals surface area contributed by atoms with E-state index in [0.717, 1.165) is 22.0 Å². The summed E-state index contributed by atoms with van der Waals surface area (Å²) in [7, 11) is 1.96. The number of aromatic nitrogens is 1. The first kappa shape index (κ1) is 13.3. The fourth-order valence-electron chi connectivity index (χ4n) is 1.84. The molecule has 0 unspecified atom stereocenters. The minimum absolute atomic E-state index is 0.257. The average Bonchev–Trinajstić information content (AvgIpc) is 2.74. The predicted molar refractivity (Wildman–Crippen MR) is 74.9 cm³/mol. The van der Waals surface area contributed by atoms with E-state index in [1.807, 2.05) is 24.3 Å². The molecule has 2 rings (SSSR count). The van der Waals surface area contributed by atoms with Crippen LogP contribution in [0.1, 0.15) is 16.3 Å². The Bertz CT molecular complexity index is 542. The summed E-state index contributed by atoms with van der Waals surface area (Å²) in [6.07, 6.45) is 0. The van der Waals surface area contributed by atoms with E-state index in [9.17, 15) is 4.39 Å². The summed E-state index contributed by atoms with van der Waals surface area (Å²) < 4.78 is 13.1. The van der Waals surface area contributed by atoms with Gasteiger partial charge in [-0.3, -0.25) is 0 Å². The Morgan fingerprint density at radius 2 is 2.22 bits per heavy atom. The van der Waals surface area contributed by atoms with Crippen molar-refractivity contribution >= 4 is 28.6 Å². The lowest BCUT2D eigenvalue weighted by Crippen LogP contribution is -2.18. The van der Waals surface area contributed by atoms with Gasteiger partial charge in [0, 0.05) is 24.0 Å². The van der Waals surface area contributed by atoms with E-state index in [0.29, 0.717) is 12.4 Å². The summed E-state index contributed by atoms with van der Waals surface area (Å²) in [6, 6.07) is 4.69. The molecular formula is C13H14ClFN2S. The monoisotopic (exact) mass is 284 g/mol. The van der Waals surface area contributed by atoms with Gasteiger partial charge >= 0.3 is 0 Å². The molecule has 1 aromatic carbocycles. The molecule has 0 bridgehead atoms. The van der Waals surface area contributed by atoms with E-state index in [-0.39, 0.29) is 5.82 Å². The highest BCUT2D eigenvalue weighted by molar-refractivity contribution is 7.09. The number of anilines is 1. The van der Waals surface area contributed by atoms with Gasteiger partial charge in [-0.15, -0.1) is 22.9 Å². The summed E-state index contributed by atoms with van der Waals surface area (Å²) in [5, 5.41) is 3.09. The molecule has 1 heterocycles. The number of aryl methyl sites for hydroxylation is 1. The van der Waals surface area contributed by atoms with Crippen LogP contribution in [0.4, 0.5) is 10.1 Å². The van der Waals surface area contributed by atoms with Crippen LogP contribution in [-0.4, -0.2) is 12.0 Å². The molecule has 0 atom stereocenters. The van der Waals surface area contributed by atoms with Gasteiger partial charge in [0.15, 0.2) is 0 Å². The lowest BCUT2D eigenvalue weighted by atomic mass is 10.1. The van der Waals surface area contributed by atoms with E-state index in [4.69, 9.17) is 11.6 Å². The van der Waals surface area contributed by atoms with Gasteiger partial charge in [-0.25, -0.2) is 9.37 Å². The molecular weight excluding hydrogens is 271 g/mol. The van der Waals surface area contributed by atoms with Gasteiger partial charge in [0.05, 0.1) is 17.2 Å². The fraction of sp³-hybridized carbons (Fsp3) is 0.308. The van der Waals surface area contributed by atoms with Crippen molar-refractivity contribution in [2.24, 2.45) is 0 Å². The van der Waals surface area contributed by atoms with Crippen molar-refractivity contribution < 1.29 is 4.39 Å². The second-order valence-corrected chi connectivity index (χ2v) is 5.45. The van der Waals surface area contributed by atoms with Crippen molar-refractivity contribution in [1.29, 1.82) is 0 Å². The number of hydrogen-bond acceptors (Lipinski definition) is 3. The third-order valence-electron chi connectivity index (χ3n) is 2.66. The summed E-state index contributed by atoms with van der Waals surface area (Å²) in [4.78, 5) is 6.45. The van der Waals surface area contributed by atoms with Gasteiger partial charge in [-0.2, -0.15) is 0 Å². The molecule has 0 aliphatic carbocycles. The first-order chi connectivity index (χ1) is 8.60. The molecule has 2 nitrogen and oxygen atoms in total. The Morgan fingerprint density at radius 1 is 1.44 bits per heavy atom. The van der Waals surface area contributed by atoms with E-state index in [1.165, 1.54) is 12.1 Å². The van der Waals surface area contributed by atoms with E-state index < -0.39 is 0 Å². The molecule has 0 aliphatic heterocycles. The van der Waals surface area contributed by atoms with Crippen molar-refractivity contribution in [2.75, 3.05) is 11.9 Å². The summed E-state index contributed by atoms with van der Waals surface area (Å²) in [5.41, 5.74) is 2.76. The quantitative estimate of drug-likeness (QED) is 0.790. The normalized spacial score (nSPS) is 10.7. The molecule has 5 heteroatoms. The minimum Gasteiger partial charge on any atom is -0.368 e. The largest absolute Gasteiger partial charge is 0.368 e. The van der Waals surface area contributed by atoms with E-state index in [1.54, 1.807) is 17.4 Å². The summed E-state index contributed by atoms with van der Waals surface area (Å²) in [5.74, 6) is 0.0420. The number of hydrogen-bond donors (Lipinski definition) is 0. The van der Waals surface area contributed by atoms with Crippen molar-refractivity contribution in [1.82, 2.24) is 4.98 Å². The van der Waals surface area contributed by atoms with Crippen LogP contribution in [0.15, 0.2) is 23.6 Å². The standard InChI is InChI=1S/C13H14ClFN2S/c1-9-16-12(8-18-9)7-17(2)13-4-3-11(15)5-10(13)6-14/h3-5,8H,6-7H2,1-2H3. The smallest absolute Gasteiger partial charge is 0.123 e. The second-order valence-electron chi connectivity index (χ2n) is 4.12. The first-order valence-corrected chi connectivity index (χ1v) is 6.98. The van der Waals surface area contributed by atoms with Crippen molar-refractivity contribution in [3.8, 4) is 0 Å². The molecule has 18 heavy (non-hydrogen) atoms. The lowest BCUT2D eigenvalue weighted by Gasteiger charge is -2.21. The SMILES string of the molecule is Cc1nc(CN(C)c2ccc(F)cc2CCl)cs1. The molecule has 0 radical (unpaired) electrons. The van der Waals surface area contributed by atoms with Crippen LogP contribution in [0, 0.1) is 12.7 Å². The molecule has 0 saturated heterocycles. The third kappa shape index (κ3) is 3.00. The Labute approximate surface area is 115 Å². The van der Waals surface area contributed by atoms with E-state index >= 15 is 0 Å². The Morgan fingerprint density at radius 3 is 2.83 bits per heavy atom. The Hall–Kier alpha value is -1.13. The Balaban J connectivity index is 2.20. The minimum atomic E-state index is -0.257. The number of thiazole rings is 1. The number of rotatable bonds is 4. The molecule has 0 amide bonds. The lowest BCUT2D eigenvalue weighted by molar-refractivity contribution is 0.626. The highest BCUT2D eigenvalue weighted by Gasteiger charge is 2.10. The third-order valence-corrected chi connectivity index (χ3v) is 3.77. The maximum atomic E-state index is 13.1. The van der Waals surface area contributed by atoms with Crippen molar-refractivity contribution in [3.63, 3.8) is 0 Å². The van der Waals surface area contributed by atoms with Crippen LogP contribution in [0.2, 0.25) is 0 Å². The van der Waals surface area contributed by atoms with Gasteiger partial charge in [0.2, 0.25) is 0 Å². The highest BCUT2D eigenvalue weighted by Crippen LogP contribution is 2.24. The number of nitrogens with zero attached hydrogens (tertiary/aromatic N) is 2. The van der Waals surface area contributed by atoms with Crippen molar-refractivity contribution in [2.45, 2.75) is 19.3 Å². The molecule has 0 aliphatic rings. The molecule has 0 N–H and O–H groups in total. The summed E-state index contributed by atoms with van der Waals surface area (Å²) in [6.45, 7) is 2.68. The highest BCUT2D eigenvalue weighted by atomic mass is 35.5. The zero-order valence-corrected chi connectivity index (χ0v) is 11.9. The van der Waals surface area contributed by atoms with Crippen LogP contribution in [0.3, 0.4) is 0 Å². The zero-order valence-electron chi connectivity index (χ0n) is 10.3. The average molecular weight is 285 g/mol. The van der Waals surface area contributed by atoms with Crippen molar-refractivity contribution in [3.05, 3.63) is 45.7 Å². The predicted octanol–water partition coefficient (Wildman–Crippen LogP) is 3.97. The topological polar surface area (TPSA) is 16.1 Å². The molecule has 96 valence electrons. The number of benzene rings is 1. The maximum Gasteiger partial charge on any atom is 0.123 e. The molecule has 1 aromatic heterocycles. The van der Waals surface area contributed by atoms with Gasteiger partial charge < -0.3 is 4.90 Å². The van der Waals surface area contributed by atoms with Gasteiger partial charge in [0.25, 0.3) is 0 Å². The molecule has 0 saturated carbocycles. The summed E-state index contributed by atoms with van der Waals surface area (Å²) >= 11 is 7.48. The molecule has 2 aromatic rings. The fourth-order valence-corrected chi connectivity index (χ4v) is 2.66. The molecule has 0 fully saturated rings. The zero-order chi connectivity index (χ0) is 13.1. The van der Waals surface area contributed by atoms with Crippen LogP contribution in [0.25, 0.3) is 0 Å². The number of halogens is 2. The van der Waals surface area contributed by atoms with Crippen LogP contribution >= 0.6 is 22.9 Å². The van der Waals surface area contributed by atoms with Crippen LogP contribution < -0.4 is 4.90 Å². The van der Waals surface area contributed by atoms with E-state index in [2.05, 4.69) is 4.98 Å². The van der Waals surface area contributed by atoms with Gasteiger partial charge in [-0.05, 0) is 30.7 Å². The number of alkyl halides is 1. The van der Waals surface area contributed by atoms with Gasteiger partial charge in [-0.1, -0.05) is 0 Å². The van der Waals surface area contributed by atoms with Gasteiger partial charge in [0.1, 0.15) is 5.82 Å². The first-order valence-electron chi connectivity index (χ1n) is 5.56. The second kappa shape index (κ2) is 5.67.